The Bertz CT molecular complexity index is 1130. The van der Waals surface area contributed by atoms with E-state index in [1.165, 1.54) is 15.9 Å². The second kappa shape index (κ2) is 8.14. The van der Waals surface area contributed by atoms with Gasteiger partial charge >= 0.3 is 0 Å². The summed E-state index contributed by atoms with van der Waals surface area (Å²) >= 11 is 5.01. The largest absolute Gasteiger partial charge is 0.492 e. The average molecular weight is 488 g/mol. The highest BCUT2D eigenvalue weighted by Gasteiger charge is 2.31. The number of aromatic hydroxyl groups is 1. The van der Waals surface area contributed by atoms with E-state index in [2.05, 4.69) is 54.9 Å². The lowest BCUT2D eigenvalue weighted by molar-refractivity contribution is 0.113. The molecule has 4 heterocycles. The van der Waals surface area contributed by atoms with Crippen LogP contribution in [0.3, 0.4) is 0 Å². The molecule has 9 heteroatoms. The van der Waals surface area contributed by atoms with Crippen molar-refractivity contribution in [2.24, 2.45) is 0 Å². The Balaban J connectivity index is 1.55. The molecule has 1 aliphatic heterocycles. The first-order valence-electron chi connectivity index (χ1n) is 9.98. The van der Waals surface area contributed by atoms with Crippen LogP contribution in [0, 0.1) is 0 Å². The zero-order chi connectivity index (χ0) is 20.7. The molecule has 1 aliphatic rings. The third kappa shape index (κ3) is 3.56. The molecule has 0 amide bonds. The van der Waals surface area contributed by atoms with E-state index in [1.807, 2.05) is 18.2 Å². The molecule has 1 saturated heterocycles. The van der Waals surface area contributed by atoms with Gasteiger partial charge in [0.25, 0.3) is 0 Å². The molecule has 0 aliphatic carbocycles. The van der Waals surface area contributed by atoms with Gasteiger partial charge in [0.05, 0.1) is 17.2 Å². The third-order valence-corrected chi connectivity index (χ3v) is 7.20. The molecule has 1 atom stereocenters. The second-order valence-corrected chi connectivity index (χ2v) is 9.25. The van der Waals surface area contributed by atoms with Crippen LogP contribution in [0.4, 0.5) is 0 Å². The summed E-state index contributed by atoms with van der Waals surface area (Å²) in [6.07, 6.45) is 1.59. The fraction of sp³-hybridized carbons (Fsp3) is 0.333. The Morgan fingerprint density at radius 3 is 2.57 bits per heavy atom. The highest BCUT2D eigenvalue weighted by Crippen LogP contribution is 2.41. The van der Waals surface area contributed by atoms with Gasteiger partial charge in [0.15, 0.2) is 5.76 Å². The van der Waals surface area contributed by atoms with Crippen LogP contribution in [-0.4, -0.2) is 62.2 Å². The smallest absolute Gasteiger partial charge is 0.230 e. The fourth-order valence-electron chi connectivity index (χ4n) is 3.95. The molecule has 0 spiro atoms. The van der Waals surface area contributed by atoms with E-state index < -0.39 is 0 Å². The Labute approximate surface area is 186 Å². The number of benzene rings is 1. The van der Waals surface area contributed by atoms with E-state index in [0.717, 1.165) is 47.6 Å². The Hall–Kier alpha value is -2.20. The predicted octanol–water partition coefficient (Wildman–Crippen LogP) is 4.25. The van der Waals surface area contributed by atoms with Gasteiger partial charge in [-0.05, 0) is 36.4 Å². The summed E-state index contributed by atoms with van der Waals surface area (Å²) in [5, 5.41) is 15.6. The van der Waals surface area contributed by atoms with E-state index in [-0.39, 0.29) is 11.9 Å². The number of halogens is 1. The first-order valence-corrected chi connectivity index (χ1v) is 11.6. The molecule has 0 unspecified atom stereocenters. The molecule has 7 nitrogen and oxygen atoms in total. The maximum atomic E-state index is 11.1. The summed E-state index contributed by atoms with van der Waals surface area (Å²) in [4.78, 5) is 11.0. The highest BCUT2D eigenvalue weighted by molar-refractivity contribution is 9.10. The van der Waals surface area contributed by atoms with Crippen LogP contribution in [0.2, 0.25) is 0 Å². The Kier molecular flexibility index (Phi) is 5.36. The van der Waals surface area contributed by atoms with Crippen LogP contribution in [-0.2, 0) is 0 Å². The van der Waals surface area contributed by atoms with Crippen LogP contribution < -0.4 is 0 Å². The maximum absolute atomic E-state index is 11.1. The van der Waals surface area contributed by atoms with Crippen molar-refractivity contribution in [3.05, 3.63) is 57.6 Å². The fourth-order valence-corrected chi connectivity index (χ4v) is 5.33. The number of piperazine rings is 1. The van der Waals surface area contributed by atoms with Gasteiger partial charge < -0.3 is 14.4 Å². The van der Waals surface area contributed by atoms with Crippen LogP contribution >= 0.6 is 27.3 Å². The van der Waals surface area contributed by atoms with E-state index in [0.29, 0.717) is 16.5 Å². The summed E-state index contributed by atoms with van der Waals surface area (Å²) in [6.45, 7) is 7.19. The number of nitrogens with zero attached hydrogens (tertiary/aromatic N) is 5. The molecule has 156 valence electrons. The van der Waals surface area contributed by atoms with Crippen molar-refractivity contribution in [2.45, 2.75) is 13.0 Å². The number of aromatic nitrogens is 3. The first kappa shape index (κ1) is 19.7. The Morgan fingerprint density at radius 2 is 1.93 bits per heavy atom. The molecule has 0 bridgehead atoms. The third-order valence-electron chi connectivity index (χ3n) is 5.59. The minimum Gasteiger partial charge on any atom is -0.492 e. The molecular formula is C21H22BrN5O2S. The molecule has 1 fully saturated rings. The van der Waals surface area contributed by atoms with E-state index in [4.69, 9.17) is 4.42 Å². The van der Waals surface area contributed by atoms with Gasteiger partial charge in [-0.1, -0.05) is 46.3 Å². The normalized spacial score (nSPS) is 17.0. The van der Waals surface area contributed by atoms with Crippen molar-refractivity contribution >= 4 is 32.2 Å². The van der Waals surface area contributed by atoms with Gasteiger partial charge in [0.2, 0.25) is 16.7 Å². The number of rotatable bonds is 5. The lowest BCUT2D eigenvalue weighted by Gasteiger charge is -2.38. The molecule has 1 aromatic carbocycles. The van der Waals surface area contributed by atoms with Gasteiger partial charge in [0, 0.05) is 30.7 Å². The summed E-state index contributed by atoms with van der Waals surface area (Å²) in [6, 6.07) is 11.9. The summed E-state index contributed by atoms with van der Waals surface area (Å²) in [5.74, 6) is 1.21. The number of thiazole rings is 1. The number of fused-ring (bicyclic) bond motifs is 1. The quantitative estimate of drug-likeness (QED) is 0.453. The lowest BCUT2D eigenvalue weighted by atomic mass is 10.0. The first-order chi connectivity index (χ1) is 14.6. The molecule has 0 radical (unpaired) electrons. The van der Waals surface area contributed by atoms with Crippen molar-refractivity contribution < 1.29 is 9.52 Å². The molecule has 4 aromatic rings. The van der Waals surface area contributed by atoms with Crippen molar-refractivity contribution in [1.82, 2.24) is 24.4 Å². The summed E-state index contributed by atoms with van der Waals surface area (Å²) in [7, 11) is 0. The number of furan rings is 1. The maximum Gasteiger partial charge on any atom is 0.230 e. The van der Waals surface area contributed by atoms with Gasteiger partial charge in [-0.15, -0.1) is 5.10 Å². The van der Waals surface area contributed by atoms with Crippen molar-refractivity contribution in [2.75, 3.05) is 32.7 Å². The summed E-state index contributed by atoms with van der Waals surface area (Å²) in [5.41, 5.74) is 1.15. The molecular weight excluding hydrogens is 466 g/mol. The number of likely N-dealkylation sites (N-methyl/N-ethyl adjacent to an activating group) is 1. The number of hydrogen-bond donors (Lipinski definition) is 1. The molecule has 5 rings (SSSR count). The Morgan fingerprint density at radius 1 is 1.17 bits per heavy atom. The van der Waals surface area contributed by atoms with Gasteiger partial charge in [0.1, 0.15) is 0 Å². The minimum absolute atomic E-state index is 0.0438. The van der Waals surface area contributed by atoms with Crippen molar-refractivity contribution in [3.8, 4) is 17.5 Å². The molecule has 0 saturated carbocycles. The number of hydrogen-bond acceptors (Lipinski definition) is 7. The van der Waals surface area contributed by atoms with E-state index >= 15 is 0 Å². The van der Waals surface area contributed by atoms with Crippen LogP contribution in [0.5, 0.6) is 5.88 Å². The molecule has 3 aromatic heterocycles. The zero-order valence-corrected chi connectivity index (χ0v) is 18.9. The highest BCUT2D eigenvalue weighted by atomic mass is 79.9. The monoisotopic (exact) mass is 487 g/mol. The molecule has 1 N–H and O–H groups in total. The van der Waals surface area contributed by atoms with E-state index in [1.54, 1.807) is 12.3 Å². The van der Waals surface area contributed by atoms with Crippen LogP contribution in [0.1, 0.15) is 23.4 Å². The minimum atomic E-state index is -0.0438. The second-order valence-electron chi connectivity index (χ2n) is 7.32. The molecule has 30 heavy (non-hydrogen) atoms. The summed E-state index contributed by atoms with van der Waals surface area (Å²) < 4.78 is 7.96. The topological polar surface area (TPSA) is 70.0 Å². The predicted molar refractivity (Wildman–Crippen MR) is 120 cm³/mol. The van der Waals surface area contributed by atoms with Gasteiger partial charge in [-0.2, -0.15) is 9.50 Å². The SMILES string of the molecule is CCN1CCN([C@H](c2ccc(Br)cc2)c2sc3nc(-c4ccco4)nn3c2O)CC1. The van der Waals surface area contributed by atoms with Crippen LogP contribution in [0.25, 0.3) is 16.5 Å². The lowest BCUT2D eigenvalue weighted by Crippen LogP contribution is -2.47. The van der Waals surface area contributed by atoms with E-state index in [9.17, 15) is 5.11 Å². The zero-order valence-electron chi connectivity index (χ0n) is 16.5. The van der Waals surface area contributed by atoms with Gasteiger partial charge in [-0.25, -0.2) is 0 Å². The van der Waals surface area contributed by atoms with Crippen molar-refractivity contribution in [1.29, 1.82) is 0 Å². The standard InChI is InChI=1S/C21H22BrN5O2S/c1-2-25-9-11-26(12-10-25)17(14-5-7-15(22)8-6-14)18-20(28)27-21(30-18)23-19(24-27)16-4-3-13-29-16/h3-8,13,17,28H,2,9-12H2,1H3/t17-/m1/s1. The van der Waals surface area contributed by atoms with Gasteiger partial charge in [-0.3, -0.25) is 4.90 Å². The average Bonchev–Trinajstić information content (AvgIpc) is 3.49. The van der Waals surface area contributed by atoms with Crippen LogP contribution in [0.15, 0.2) is 51.6 Å². The van der Waals surface area contributed by atoms with Crippen molar-refractivity contribution in [3.63, 3.8) is 0 Å².